The zero-order valence-electron chi connectivity index (χ0n) is 17.7. The highest BCUT2D eigenvalue weighted by atomic mass is 16.5. The van der Waals surface area contributed by atoms with E-state index in [1.54, 1.807) is 13.3 Å². The van der Waals surface area contributed by atoms with Crippen molar-refractivity contribution in [2.75, 3.05) is 39.2 Å². The molecule has 1 aliphatic rings. The Balaban J connectivity index is 1.54. The predicted molar refractivity (Wildman–Crippen MR) is 117 cm³/mol. The number of ether oxygens (including phenoxy) is 2. The van der Waals surface area contributed by atoms with Gasteiger partial charge in [0.25, 0.3) is 5.89 Å². The van der Waals surface area contributed by atoms with E-state index < -0.39 is 6.04 Å². The van der Waals surface area contributed by atoms with Crippen LogP contribution in [0.4, 0.5) is 5.82 Å². The number of hydrogen-bond donors (Lipinski definition) is 2. The van der Waals surface area contributed by atoms with Crippen molar-refractivity contribution in [3.05, 3.63) is 48.3 Å². The summed E-state index contributed by atoms with van der Waals surface area (Å²) in [6, 6.07) is 8.97. The maximum atomic E-state index is 12.5. The second-order valence-electron chi connectivity index (χ2n) is 7.15. The maximum Gasteiger partial charge on any atom is 0.270 e. The molecule has 0 amide bonds. The number of aromatic nitrogens is 4. The Morgan fingerprint density at radius 2 is 2.03 bits per heavy atom. The molecular formula is C22H24N6O4. The molecule has 0 spiro atoms. The van der Waals surface area contributed by atoms with Crippen LogP contribution in [0.2, 0.25) is 0 Å². The summed E-state index contributed by atoms with van der Waals surface area (Å²) in [6.07, 6.45) is 4.12. The molecule has 0 fully saturated rings. The summed E-state index contributed by atoms with van der Waals surface area (Å²) in [6.45, 7) is 1.44. The maximum absolute atomic E-state index is 12.5. The Hall–Kier alpha value is -3.47. The van der Waals surface area contributed by atoms with Crippen LogP contribution in [-0.2, 0) is 14.3 Å². The van der Waals surface area contributed by atoms with E-state index in [-0.39, 0.29) is 24.1 Å². The number of carbonyl (C=O) groups is 1. The highest BCUT2D eigenvalue weighted by Crippen LogP contribution is 2.28. The van der Waals surface area contributed by atoms with Gasteiger partial charge in [-0.25, -0.2) is 9.97 Å². The van der Waals surface area contributed by atoms with Crippen molar-refractivity contribution >= 4 is 17.2 Å². The van der Waals surface area contributed by atoms with Crippen LogP contribution in [-0.4, -0.2) is 65.5 Å². The number of ketones is 1. The van der Waals surface area contributed by atoms with Crippen LogP contribution in [0.1, 0.15) is 12.1 Å². The number of nitrogens with two attached hydrogens (primary N) is 1. The molecule has 0 bridgehead atoms. The van der Waals surface area contributed by atoms with Crippen LogP contribution in [0.25, 0.3) is 28.6 Å². The third-order valence-corrected chi connectivity index (χ3v) is 4.93. The molecule has 166 valence electrons. The number of hydrogen-bond acceptors (Lipinski definition) is 10. The van der Waals surface area contributed by atoms with Gasteiger partial charge in [-0.05, 0) is 24.1 Å². The molecule has 10 heteroatoms. The third-order valence-electron chi connectivity index (χ3n) is 4.93. The van der Waals surface area contributed by atoms with E-state index in [2.05, 4.69) is 25.5 Å². The number of nitrogens with zero attached hydrogens (tertiary/aromatic N) is 4. The number of anilines is 1. The van der Waals surface area contributed by atoms with Crippen LogP contribution in [0.3, 0.4) is 0 Å². The molecule has 32 heavy (non-hydrogen) atoms. The molecule has 3 heterocycles. The van der Waals surface area contributed by atoms with Gasteiger partial charge in [-0.2, -0.15) is 0 Å². The molecule has 3 aromatic rings. The van der Waals surface area contributed by atoms with Gasteiger partial charge in [0.2, 0.25) is 5.89 Å². The molecule has 1 atom stereocenters. The normalized spacial score (nSPS) is 16.0. The van der Waals surface area contributed by atoms with Crippen molar-refractivity contribution in [2.24, 2.45) is 0 Å². The topological polar surface area (TPSA) is 138 Å². The Labute approximate surface area is 184 Å². The number of carbonyl (C=O) groups excluding carboxylic acids is 1. The van der Waals surface area contributed by atoms with E-state index in [9.17, 15) is 4.79 Å². The third kappa shape index (κ3) is 5.05. The van der Waals surface area contributed by atoms with Crippen LogP contribution in [0.15, 0.2) is 47.0 Å². The van der Waals surface area contributed by atoms with Gasteiger partial charge < -0.3 is 24.9 Å². The number of Topliss-reactive ketones (excluding diaryl/α,β-unsaturated/α-hetero) is 1. The minimum absolute atomic E-state index is 0.00766. The lowest BCUT2D eigenvalue weighted by molar-refractivity contribution is -0.125. The van der Waals surface area contributed by atoms with Crippen molar-refractivity contribution in [1.82, 2.24) is 25.5 Å². The zero-order valence-corrected chi connectivity index (χ0v) is 17.7. The average Bonchev–Trinajstić information content (AvgIpc) is 3.33. The molecule has 0 radical (unpaired) electrons. The molecular weight excluding hydrogens is 412 g/mol. The van der Waals surface area contributed by atoms with Crippen molar-refractivity contribution in [1.29, 1.82) is 0 Å². The summed E-state index contributed by atoms with van der Waals surface area (Å²) < 4.78 is 16.1. The quantitative estimate of drug-likeness (QED) is 0.477. The molecule has 4 rings (SSSR count). The first kappa shape index (κ1) is 21.8. The lowest BCUT2D eigenvalue weighted by atomic mass is 9.99. The summed E-state index contributed by atoms with van der Waals surface area (Å²) in [5, 5.41) is 11.4. The van der Waals surface area contributed by atoms with Crippen molar-refractivity contribution in [3.8, 4) is 23.0 Å². The predicted octanol–water partition coefficient (Wildman–Crippen LogP) is 1.75. The first-order chi connectivity index (χ1) is 15.7. The lowest BCUT2D eigenvalue weighted by Crippen LogP contribution is -2.40. The highest BCUT2D eigenvalue weighted by molar-refractivity contribution is 5.89. The molecule has 3 N–H and O–H groups in total. The number of methoxy groups -OCH3 is 1. The largest absolute Gasteiger partial charge is 0.414 e. The van der Waals surface area contributed by atoms with Gasteiger partial charge in [-0.3, -0.25) is 4.79 Å². The number of benzene rings is 1. The molecule has 1 aromatic carbocycles. The fraction of sp³-hybridized carbons (Fsp3) is 0.318. The first-order valence-electron chi connectivity index (χ1n) is 10.2. The Kier molecular flexibility index (Phi) is 6.95. The fourth-order valence-corrected chi connectivity index (χ4v) is 3.26. The summed E-state index contributed by atoms with van der Waals surface area (Å²) in [5.41, 5.74) is 8.63. The van der Waals surface area contributed by atoms with E-state index in [1.807, 2.05) is 36.4 Å². The number of rotatable bonds is 9. The lowest BCUT2D eigenvalue weighted by Gasteiger charge is -2.21. The van der Waals surface area contributed by atoms with Crippen LogP contribution < -0.4 is 11.1 Å². The minimum atomic E-state index is -0.461. The van der Waals surface area contributed by atoms with Crippen LogP contribution >= 0.6 is 0 Å². The minimum Gasteiger partial charge on any atom is -0.414 e. The van der Waals surface area contributed by atoms with Gasteiger partial charge in [0, 0.05) is 19.2 Å². The van der Waals surface area contributed by atoms with E-state index in [1.165, 1.54) is 0 Å². The Morgan fingerprint density at radius 3 is 2.84 bits per heavy atom. The summed E-state index contributed by atoms with van der Waals surface area (Å²) in [5.74, 6) is 0.675. The zero-order chi connectivity index (χ0) is 22.3. The van der Waals surface area contributed by atoms with Crippen molar-refractivity contribution in [3.63, 3.8) is 0 Å². The first-order valence-corrected chi connectivity index (χ1v) is 10.2. The van der Waals surface area contributed by atoms with Gasteiger partial charge >= 0.3 is 0 Å². The van der Waals surface area contributed by atoms with E-state index in [4.69, 9.17) is 19.6 Å². The Morgan fingerprint density at radius 1 is 1.22 bits per heavy atom. The van der Waals surface area contributed by atoms with Gasteiger partial charge in [0.15, 0.2) is 17.3 Å². The van der Waals surface area contributed by atoms with E-state index in [0.29, 0.717) is 43.5 Å². The van der Waals surface area contributed by atoms with E-state index >= 15 is 0 Å². The number of nitrogen functional groups attached to an aromatic ring is 1. The summed E-state index contributed by atoms with van der Waals surface area (Å²) in [7, 11) is 1.58. The van der Waals surface area contributed by atoms with Gasteiger partial charge in [-0.1, -0.05) is 24.3 Å². The molecule has 1 unspecified atom stereocenters. The molecule has 1 aliphatic heterocycles. The van der Waals surface area contributed by atoms with Gasteiger partial charge in [0.05, 0.1) is 31.1 Å². The molecule has 0 saturated carbocycles. The molecule has 10 nitrogen and oxygen atoms in total. The molecule has 0 aliphatic carbocycles. The standard InChI is InChI=1S/C22H24N6O4/c1-30-9-10-31-13-18(29)16-11-15(7-8-24-16)17-12-25-20(23)19(26-17)22-28-27-21(32-22)14-5-3-2-4-6-14/h2-6,11-12,16,24H,7-10,13H2,1H3,(H2,23,25). The molecule has 2 aromatic heterocycles. The average molecular weight is 436 g/mol. The van der Waals surface area contributed by atoms with Crippen molar-refractivity contribution < 1.29 is 18.7 Å². The summed E-state index contributed by atoms with van der Waals surface area (Å²) in [4.78, 5) is 21.3. The van der Waals surface area contributed by atoms with Crippen LogP contribution in [0.5, 0.6) is 0 Å². The SMILES string of the molecule is COCCOCC(=O)C1C=C(c2cnc(N)c(-c3nnc(-c4ccccc4)o3)n2)CCN1. The Bertz CT molecular complexity index is 1100. The fourth-order valence-electron chi connectivity index (χ4n) is 3.26. The number of nitrogens with one attached hydrogen (secondary N) is 1. The van der Waals surface area contributed by atoms with Gasteiger partial charge in [0.1, 0.15) is 6.61 Å². The second kappa shape index (κ2) is 10.2. The van der Waals surface area contributed by atoms with Crippen LogP contribution in [0, 0.1) is 0 Å². The van der Waals surface area contributed by atoms with Crippen molar-refractivity contribution in [2.45, 2.75) is 12.5 Å². The highest BCUT2D eigenvalue weighted by Gasteiger charge is 2.23. The van der Waals surface area contributed by atoms with E-state index in [0.717, 1.165) is 11.1 Å². The smallest absolute Gasteiger partial charge is 0.270 e. The summed E-state index contributed by atoms with van der Waals surface area (Å²) >= 11 is 0. The molecule has 0 saturated heterocycles. The second-order valence-corrected chi connectivity index (χ2v) is 7.15. The van der Waals surface area contributed by atoms with Gasteiger partial charge in [-0.15, -0.1) is 10.2 Å². The monoisotopic (exact) mass is 436 g/mol.